The van der Waals surface area contributed by atoms with Crippen LogP contribution in [0, 0.1) is 12.8 Å². The first kappa shape index (κ1) is 19.2. The Morgan fingerprint density at radius 2 is 1.97 bits per heavy atom. The molecule has 3 aromatic rings. The molecule has 1 fully saturated rings. The number of anilines is 1. The van der Waals surface area contributed by atoms with Crippen molar-refractivity contribution in [3.63, 3.8) is 0 Å². The number of hydrogen-bond donors (Lipinski definition) is 2. The largest absolute Gasteiger partial charge is 0.507 e. The number of nitrogens with zero attached hydrogens (tertiary/aromatic N) is 3. The molecule has 0 spiro atoms. The van der Waals surface area contributed by atoms with E-state index < -0.39 is 0 Å². The molecule has 1 saturated heterocycles. The molecule has 1 aliphatic rings. The van der Waals surface area contributed by atoms with E-state index in [0.717, 1.165) is 22.3 Å². The van der Waals surface area contributed by atoms with Crippen LogP contribution in [0.2, 0.25) is 0 Å². The first-order chi connectivity index (χ1) is 13.9. The van der Waals surface area contributed by atoms with Crippen LogP contribution < -0.4 is 10.2 Å². The summed E-state index contributed by atoms with van der Waals surface area (Å²) in [4.78, 5) is 23.7. The highest BCUT2D eigenvalue weighted by Crippen LogP contribution is 2.33. The maximum absolute atomic E-state index is 12.0. The van der Waals surface area contributed by atoms with Gasteiger partial charge in [-0.1, -0.05) is 32.0 Å². The molecule has 29 heavy (non-hydrogen) atoms. The summed E-state index contributed by atoms with van der Waals surface area (Å²) < 4.78 is 0. The molecule has 6 heteroatoms. The molecule has 6 nitrogen and oxygen atoms in total. The molecule has 0 unspecified atom stereocenters. The van der Waals surface area contributed by atoms with Crippen LogP contribution in [0.5, 0.6) is 5.75 Å². The Labute approximate surface area is 170 Å². The standard InChI is InChI=1S/C23H26N4O2/c1-14(2)10-21(29)24-16-12-27(13-16)23-17-9-8-15(3)11-19(17)25-22(26-23)18-6-4-5-7-20(18)28/h4-9,11,14,16,28H,10,12-13H2,1-3H3,(H,24,29). The van der Waals surface area contributed by atoms with E-state index in [4.69, 9.17) is 9.97 Å². The molecule has 0 atom stereocenters. The van der Waals surface area contributed by atoms with Gasteiger partial charge < -0.3 is 15.3 Å². The quantitative estimate of drug-likeness (QED) is 0.695. The molecule has 2 heterocycles. The van der Waals surface area contributed by atoms with Crippen molar-refractivity contribution in [1.82, 2.24) is 15.3 Å². The number of rotatable bonds is 5. The number of para-hydroxylation sites is 1. The van der Waals surface area contributed by atoms with Gasteiger partial charge in [0.15, 0.2) is 5.82 Å². The zero-order valence-corrected chi connectivity index (χ0v) is 17.0. The van der Waals surface area contributed by atoms with Crippen molar-refractivity contribution in [3.05, 3.63) is 48.0 Å². The highest BCUT2D eigenvalue weighted by atomic mass is 16.3. The van der Waals surface area contributed by atoms with Crippen LogP contribution in [0.25, 0.3) is 22.3 Å². The molecule has 4 rings (SSSR count). The molecule has 0 radical (unpaired) electrons. The number of hydrogen-bond acceptors (Lipinski definition) is 5. The van der Waals surface area contributed by atoms with E-state index in [0.29, 0.717) is 36.8 Å². The van der Waals surface area contributed by atoms with Gasteiger partial charge in [-0.2, -0.15) is 0 Å². The van der Waals surface area contributed by atoms with Crippen LogP contribution in [0.15, 0.2) is 42.5 Å². The molecule has 0 saturated carbocycles. The minimum absolute atomic E-state index is 0.0997. The number of phenolic OH excluding ortho intramolecular Hbond substituents is 1. The van der Waals surface area contributed by atoms with E-state index in [9.17, 15) is 9.90 Å². The number of nitrogens with one attached hydrogen (secondary N) is 1. The lowest BCUT2D eigenvalue weighted by Crippen LogP contribution is -2.59. The third-order valence-corrected chi connectivity index (χ3v) is 5.12. The summed E-state index contributed by atoms with van der Waals surface area (Å²) >= 11 is 0. The van der Waals surface area contributed by atoms with Gasteiger partial charge in [0.1, 0.15) is 11.6 Å². The van der Waals surface area contributed by atoms with E-state index in [1.54, 1.807) is 12.1 Å². The van der Waals surface area contributed by atoms with Gasteiger partial charge >= 0.3 is 0 Å². The summed E-state index contributed by atoms with van der Waals surface area (Å²) in [5, 5.41) is 14.3. The second-order valence-electron chi connectivity index (χ2n) is 8.18. The lowest BCUT2D eigenvalue weighted by atomic mass is 10.1. The van der Waals surface area contributed by atoms with E-state index in [1.807, 2.05) is 45.0 Å². The molecule has 0 aliphatic carbocycles. The third-order valence-electron chi connectivity index (χ3n) is 5.12. The SMILES string of the molecule is Cc1ccc2c(N3CC(NC(=O)CC(C)C)C3)nc(-c3ccccc3O)nc2c1. The summed E-state index contributed by atoms with van der Waals surface area (Å²) in [6.45, 7) is 7.54. The van der Waals surface area contributed by atoms with Gasteiger partial charge in [0, 0.05) is 24.9 Å². The second-order valence-corrected chi connectivity index (χ2v) is 8.18. The Morgan fingerprint density at radius 3 is 2.69 bits per heavy atom. The number of benzene rings is 2. The number of fused-ring (bicyclic) bond motifs is 1. The summed E-state index contributed by atoms with van der Waals surface area (Å²) in [6.07, 6.45) is 0.545. The first-order valence-electron chi connectivity index (χ1n) is 10.0. The number of aryl methyl sites for hydroxylation is 1. The average molecular weight is 390 g/mol. The van der Waals surface area contributed by atoms with Gasteiger partial charge in [-0.25, -0.2) is 9.97 Å². The molecule has 0 bridgehead atoms. The number of carbonyl (C=O) groups excluding carboxylic acids is 1. The van der Waals surface area contributed by atoms with Gasteiger partial charge in [-0.05, 0) is 42.7 Å². The molecular weight excluding hydrogens is 364 g/mol. The number of phenols is 1. The maximum atomic E-state index is 12.0. The molecular formula is C23H26N4O2. The molecule has 1 aliphatic heterocycles. The van der Waals surface area contributed by atoms with Crippen molar-refractivity contribution in [1.29, 1.82) is 0 Å². The second kappa shape index (κ2) is 7.70. The van der Waals surface area contributed by atoms with Crippen LogP contribution >= 0.6 is 0 Å². The lowest BCUT2D eigenvalue weighted by molar-refractivity contribution is -0.122. The average Bonchev–Trinajstić information content (AvgIpc) is 2.63. The number of aromatic hydroxyl groups is 1. The topological polar surface area (TPSA) is 78.4 Å². The Balaban J connectivity index is 1.64. The predicted octanol–water partition coefficient (Wildman–Crippen LogP) is 3.66. The van der Waals surface area contributed by atoms with Gasteiger partial charge in [0.05, 0.1) is 17.1 Å². The molecule has 1 aromatic heterocycles. The normalized spacial score (nSPS) is 14.3. The fourth-order valence-corrected chi connectivity index (χ4v) is 3.65. The molecule has 2 N–H and O–H groups in total. The smallest absolute Gasteiger partial charge is 0.220 e. The minimum atomic E-state index is 0.0997. The Hall–Kier alpha value is -3.15. The van der Waals surface area contributed by atoms with E-state index >= 15 is 0 Å². The van der Waals surface area contributed by atoms with E-state index in [1.165, 1.54) is 0 Å². The Morgan fingerprint density at radius 1 is 1.21 bits per heavy atom. The van der Waals surface area contributed by atoms with Crippen molar-refractivity contribution in [3.8, 4) is 17.1 Å². The third kappa shape index (κ3) is 4.01. The van der Waals surface area contributed by atoms with E-state index in [-0.39, 0.29) is 17.7 Å². The zero-order chi connectivity index (χ0) is 20.5. The van der Waals surface area contributed by atoms with Crippen LogP contribution in [0.4, 0.5) is 5.82 Å². The summed E-state index contributed by atoms with van der Waals surface area (Å²) in [7, 11) is 0. The van der Waals surface area contributed by atoms with Gasteiger partial charge in [0.2, 0.25) is 5.91 Å². The highest BCUT2D eigenvalue weighted by Gasteiger charge is 2.31. The monoisotopic (exact) mass is 390 g/mol. The van der Waals surface area contributed by atoms with Crippen molar-refractivity contribution < 1.29 is 9.90 Å². The number of aromatic nitrogens is 2. The summed E-state index contributed by atoms with van der Waals surface area (Å²) in [5.41, 5.74) is 2.58. The van der Waals surface area contributed by atoms with E-state index in [2.05, 4.69) is 16.3 Å². The highest BCUT2D eigenvalue weighted by molar-refractivity contribution is 5.92. The summed E-state index contributed by atoms with van der Waals surface area (Å²) in [6, 6.07) is 13.4. The van der Waals surface area contributed by atoms with Crippen molar-refractivity contribution >= 4 is 22.6 Å². The van der Waals surface area contributed by atoms with Crippen LogP contribution in [-0.2, 0) is 4.79 Å². The fraction of sp³-hybridized carbons (Fsp3) is 0.348. The molecule has 150 valence electrons. The van der Waals surface area contributed by atoms with Gasteiger partial charge in [0.25, 0.3) is 0 Å². The predicted molar refractivity (Wildman–Crippen MR) is 115 cm³/mol. The van der Waals surface area contributed by atoms with Crippen molar-refractivity contribution in [2.24, 2.45) is 5.92 Å². The van der Waals surface area contributed by atoms with Crippen LogP contribution in [-0.4, -0.2) is 40.1 Å². The maximum Gasteiger partial charge on any atom is 0.220 e. The van der Waals surface area contributed by atoms with Crippen molar-refractivity contribution in [2.45, 2.75) is 33.2 Å². The minimum Gasteiger partial charge on any atom is -0.507 e. The zero-order valence-electron chi connectivity index (χ0n) is 17.0. The Bertz CT molecular complexity index is 1060. The van der Waals surface area contributed by atoms with Gasteiger partial charge in [-0.3, -0.25) is 4.79 Å². The number of amides is 1. The first-order valence-corrected chi connectivity index (χ1v) is 10.0. The Kier molecular flexibility index (Phi) is 5.09. The summed E-state index contributed by atoms with van der Waals surface area (Å²) in [5.74, 6) is 1.95. The lowest BCUT2D eigenvalue weighted by Gasteiger charge is -2.41. The van der Waals surface area contributed by atoms with Gasteiger partial charge in [-0.15, -0.1) is 0 Å². The van der Waals surface area contributed by atoms with Crippen LogP contribution in [0.3, 0.4) is 0 Å². The molecule has 1 amide bonds. The fourth-order valence-electron chi connectivity index (χ4n) is 3.65. The molecule has 2 aromatic carbocycles. The van der Waals surface area contributed by atoms with Crippen molar-refractivity contribution in [2.75, 3.05) is 18.0 Å². The number of carbonyl (C=O) groups is 1. The van der Waals surface area contributed by atoms with Crippen LogP contribution in [0.1, 0.15) is 25.8 Å².